The zero-order valence-corrected chi connectivity index (χ0v) is 8.08. The Labute approximate surface area is 84.9 Å². The molecule has 0 aliphatic carbocycles. The van der Waals surface area contributed by atoms with E-state index in [-0.39, 0.29) is 6.54 Å². The molecule has 0 heterocycles. The first-order chi connectivity index (χ1) is 6.81. The lowest BCUT2D eigenvalue weighted by atomic mass is 10.1. The lowest BCUT2D eigenvalue weighted by Crippen LogP contribution is -2.38. The molecule has 4 nitrogen and oxygen atoms in total. The molecule has 1 atom stereocenters. The van der Waals surface area contributed by atoms with Gasteiger partial charge in [0.25, 0.3) is 0 Å². The smallest absolute Gasteiger partial charge is 0.405 e. The van der Waals surface area contributed by atoms with Gasteiger partial charge in [-0.2, -0.15) is 18.4 Å². The zero-order chi connectivity index (χ0) is 12.1. The third-order valence-electron chi connectivity index (χ3n) is 1.80. The van der Waals surface area contributed by atoms with Gasteiger partial charge in [-0.05, 0) is 6.54 Å². The predicted molar refractivity (Wildman–Crippen MR) is 44.9 cm³/mol. The van der Waals surface area contributed by atoms with Crippen LogP contribution in [0, 0.1) is 17.2 Å². The minimum Gasteiger partial charge on any atom is -0.480 e. The second-order valence-electron chi connectivity index (χ2n) is 2.94. The molecule has 0 aliphatic rings. The number of nitrogens with zero attached hydrogens (tertiary/aromatic N) is 2. The minimum atomic E-state index is -4.61. The highest BCUT2D eigenvalue weighted by Gasteiger charge is 2.40. The summed E-state index contributed by atoms with van der Waals surface area (Å²) in [6.45, 7) is 0.585. The first-order valence-corrected chi connectivity index (χ1v) is 4.21. The topological polar surface area (TPSA) is 64.3 Å². The van der Waals surface area contributed by atoms with Gasteiger partial charge in [0, 0.05) is 6.54 Å². The van der Waals surface area contributed by atoms with Gasteiger partial charge in [-0.15, -0.1) is 0 Å². The molecule has 0 saturated carbocycles. The van der Waals surface area contributed by atoms with Gasteiger partial charge < -0.3 is 5.11 Å². The van der Waals surface area contributed by atoms with Crippen molar-refractivity contribution < 1.29 is 23.1 Å². The predicted octanol–water partition coefficient (Wildman–Crippen LogP) is 1.09. The van der Waals surface area contributed by atoms with Gasteiger partial charge in [-0.3, -0.25) is 9.69 Å². The van der Waals surface area contributed by atoms with Gasteiger partial charge in [-0.1, -0.05) is 6.92 Å². The summed E-state index contributed by atoms with van der Waals surface area (Å²) in [6, 6.07) is 1.12. The van der Waals surface area contributed by atoms with Crippen molar-refractivity contribution in [2.45, 2.75) is 13.1 Å². The maximum Gasteiger partial charge on any atom is 0.405 e. The van der Waals surface area contributed by atoms with E-state index in [1.165, 1.54) is 6.92 Å². The summed E-state index contributed by atoms with van der Waals surface area (Å²) < 4.78 is 36.5. The largest absolute Gasteiger partial charge is 0.480 e. The number of carbonyl (C=O) groups is 1. The Morgan fingerprint density at radius 1 is 1.60 bits per heavy atom. The summed E-state index contributed by atoms with van der Waals surface area (Å²) in [5, 5.41) is 16.7. The van der Waals surface area contributed by atoms with Gasteiger partial charge in [0.2, 0.25) is 0 Å². The average Bonchev–Trinajstić information content (AvgIpc) is 2.09. The Morgan fingerprint density at radius 2 is 2.13 bits per heavy atom. The van der Waals surface area contributed by atoms with E-state index in [2.05, 4.69) is 0 Å². The zero-order valence-electron chi connectivity index (χ0n) is 8.08. The molecular formula is C8H11F3N2O2. The fourth-order valence-electron chi connectivity index (χ4n) is 0.972. The highest BCUT2D eigenvalue weighted by Crippen LogP contribution is 2.26. The molecule has 0 rings (SSSR count). The Bertz CT molecular complexity index is 260. The molecule has 86 valence electrons. The van der Waals surface area contributed by atoms with Crippen LogP contribution in [-0.4, -0.2) is 41.8 Å². The molecule has 0 fully saturated rings. The van der Waals surface area contributed by atoms with Crippen LogP contribution in [0.25, 0.3) is 0 Å². The number of hydrogen-bond donors (Lipinski definition) is 1. The lowest BCUT2D eigenvalue weighted by Gasteiger charge is -2.22. The molecule has 0 aromatic carbocycles. The molecule has 1 N–H and O–H groups in total. The van der Waals surface area contributed by atoms with Crippen LogP contribution in [0.5, 0.6) is 0 Å². The monoisotopic (exact) mass is 224 g/mol. The van der Waals surface area contributed by atoms with Crippen molar-refractivity contribution >= 4 is 5.97 Å². The standard InChI is InChI=1S/C8H11F3N2O2/c1-2-13(5-7(14)15)4-6(3-12)8(9,10)11/h6H,2,4-5H2,1H3,(H,14,15). The summed E-state index contributed by atoms with van der Waals surface area (Å²) in [7, 11) is 0. The van der Waals surface area contributed by atoms with Crippen molar-refractivity contribution in [2.75, 3.05) is 19.6 Å². The van der Waals surface area contributed by atoms with Crippen molar-refractivity contribution in [3.05, 3.63) is 0 Å². The van der Waals surface area contributed by atoms with E-state index in [1.54, 1.807) is 0 Å². The van der Waals surface area contributed by atoms with Crippen LogP contribution in [0.4, 0.5) is 13.2 Å². The number of hydrogen-bond acceptors (Lipinski definition) is 3. The van der Waals surface area contributed by atoms with Gasteiger partial charge >= 0.3 is 12.1 Å². The number of halogens is 3. The molecule has 15 heavy (non-hydrogen) atoms. The highest BCUT2D eigenvalue weighted by atomic mass is 19.4. The fourth-order valence-corrected chi connectivity index (χ4v) is 0.972. The molecule has 0 aromatic heterocycles. The first kappa shape index (κ1) is 13.7. The van der Waals surface area contributed by atoms with Crippen LogP contribution in [0.15, 0.2) is 0 Å². The first-order valence-electron chi connectivity index (χ1n) is 4.21. The lowest BCUT2D eigenvalue weighted by molar-refractivity contribution is -0.164. The molecule has 0 spiro atoms. The molecule has 0 radical (unpaired) electrons. The normalized spacial score (nSPS) is 13.6. The molecular weight excluding hydrogens is 213 g/mol. The van der Waals surface area contributed by atoms with Gasteiger partial charge in [0.1, 0.15) is 0 Å². The number of likely N-dealkylation sites (N-methyl/N-ethyl adjacent to an activating group) is 1. The summed E-state index contributed by atoms with van der Waals surface area (Å²) in [6.07, 6.45) is -4.61. The number of carboxylic acids is 1. The van der Waals surface area contributed by atoms with Crippen LogP contribution in [0.1, 0.15) is 6.92 Å². The van der Waals surface area contributed by atoms with Gasteiger partial charge in [0.05, 0.1) is 12.6 Å². The molecule has 0 amide bonds. The van der Waals surface area contributed by atoms with Crippen LogP contribution in [-0.2, 0) is 4.79 Å². The third kappa shape index (κ3) is 5.22. The molecule has 0 aliphatic heterocycles. The van der Waals surface area contributed by atoms with E-state index in [9.17, 15) is 18.0 Å². The van der Waals surface area contributed by atoms with Crippen LogP contribution >= 0.6 is 0 Å². The second kappa shape index (κ2) is 5.56. The second-order valence-corrected chi connectivity index (χ2v) is 2.94. The quantitative estimate of drug-likeness (QED) is 0.759. The minimum absolute atomic E-state index is 0.153. The molecule has 7 heteroatoms. The van der Waals surface area contributed by atoms with E-state index in [4.69, 9.17) is 10.4 Å². The summed E-state index contributed by atoms with van der Waals surface area (Å²) in [5.41, 5.74) is 0. The van der Waals surface area contributed by atoms with Crippen molar-refractivity contribution in [1.29, 1.82) is 5.26 Å². The SMILES string of the molecule is CCN(CC(=O)O)CC(C#N)C(F)(F)F. The van der Waals surface area contributed by atoms with Crippen molar-refractivity contribution in [3.63, 3.8) is 0 Å². The molecule has 0 bridgehead atoms. The Balaban J connectivity index is 4.39. The average molecular weight is 224 g/mol. The van der Waals surface area contributed by atoms with Crippen molar-refractivity contribution in [3.8, 4) is 6.07 Å². The number of nitriles is 1. The summed E-state index contributed by atoms with van der Waals surface area (Å²) >= 11 is 0. The number of carboxylic acid groups (broad SMARTS) is 1. The third-order valence-corrected chi connectivity index (χ3v) is 1.80. The maximum absolute atomic E-state index is 12.2. The summed E-state index contributed by atoms with van der Waals surface area (Å²) in [4.78, 5) is 11.3. The van der Waals surface area contributed by atoms with E-state index in [0.717, 1.165) is 11.0 Å². The van der Waals surface area contributed by atoms with E-state index in [1.807, 2.05) is 0 Å². The fraction of sp³-hybridized carbons (Fsp3) is 0.750. The van der Waals surface area contributed by atoms with Gasteiger partial charge in [-0.25, -0.2) is 0 Å². The Hall–Kier alpha value is -1.29. The van der Waals surface area contributed by atoms with Crippen molar-refractivity contribution in [2.24, 2.45) is 5.92 Å². The molecule has 0 aromatic rings. The van der Waals surface area contributed by atoms with E-state index in [0.29, 0.717) is 0 Å². The van der Waals surface area contributed by atoms with E-state index < -0.39 is 31.2 Å². The number of alkyl halides is 3. The Kier molecular flexibility index (Phi) is 5.08. The van der Waals surface area contributed by atoms with Crippen LogP contribution in [0.2, 0.25) is 0 Å². The van der Waals surface area contributed by atoms with Crippen LogP contribution in [0.3, 0.4) is 0 Å². The molecule has 0 saturated heterocycles. The highest BCUT2D eigenvalue weighted by molar-refractivity contribution is 5.69. The summed E-state index contributed by atoms with van der Waals surface area (Å²) in [5.74, 6) is -3.35. The van der Waals surface area contributed by atoms with Crippen LogP contribution < -0.4 is 0 Å². The maximum atomic E-state index is 12.2. The van der Waals surface area contributed by atoms with E-state index >= 15 is 0 Å². The number of rotatable bonds is 5. The van der Waals surface area contributed by atoms with Gasteiger partial charge in [0.15, 0.2) is 5.92 Å². The number of aliphatic carboxylic acids is 1. The Morgan fingerprint density at radius 3 is 2.40 bits per heavy atom. The molecule has 1 unspecified atom stereocenters. The van der Waals surface area contributed by atoms with Crippen molar-refractivity contribution in [1.82, 2.24) is 4.90 Å².